The van der Waals surface area contributed by atoms with Crippen LogP contribution in [-0.4, -0.2) is 32.0 Å². The maximum atomic E-state index is 5.07. The lowest BCUT2D eigenvalue weighted by molar-refractivity contribution is 0.390. The van der Waals surface area contributed by atoms with Gasteiger partial charge in [-0.2, -0.15) is 5.10 Å². The van der Waals surface area contributed by atoms with E-state index in [1.807, 2.05) is 32.0 Å². The first-order chi connectivity index (χ1) is 9.15. The average molecular weight is 258 g/mol. The molecule has 3 aromatic heterocycles. The van der Waals surface area contributed by atoms with Gasteiger partial charge >= 0.3 is 0 Å². The Morgan fingerprint density at radius 3 is 2.95 bits per heavy atom. The van der Waals surface area contributed by atoms with Gasteiger partial charge in [0.25, 0.3) is 0 Å². The van der Waals surface area contributed by atoms with Crippen molar-refractivity contribution < 1.29 is 4.52 Å². The summed E-state index contributed by atoms with van der Waals surface area (Å²) < 4.78 is 6.80. The predicted octanol–water partition coefficient (Wildman–Crippen LogP) is 1.30. The van der Waals surface area contributed by atoms with E-state index in [1.165, 1.54) is 0 Å². The third-order valence-electron chi connectivity index (χ3n) is 2.95. The fraction of sp³-hybridized carbons (Fsp3) is 0.333. The van der Waals surface area contributed by atoms with Crippen LogP contribution in [0.3, 0.4) is 0 Å². The number of aryl methyl sites for hydroxylation is 2. The number of hydrogen-bond acceptors (Lipinski definition) is 6. The highest BCUT2D eigenvalue weighted by Crippen LogP contribution is 2.22. The maximum absolute atomic E-state index is 5.07. The molecule has 0 unspecified atom stereocenters. The summed E-state index contributed by atoms with van der Waals surface area (Å²) in [5.74, 6) is 1.64. The molecule has 19 heavy (non-hydrogen) atoms. The Morgan fingerprint density at radius 1 is 1.37 bits per heavy atom. The Balaban J connectivity index is 1.95. The molecular weight excluding hydrogens is 244 g/mol. The van der Waals surface area contributed by atoms with Crippen LogP contribution in [0.2, 0.25) is 0 Å². The zero-order valence-corrected chi connectivity index (χ0v) is 11.0. The third kappa shape index (κ3) is 2.03. The Bertz CT molecular complexity index is 716. The second-order valence-corrected chi connectivity index (χ2v) is 4.49. The van der Waals surface area contributed by atoms with E-state index in [4.69, 9.17) is 4.52 Å². The van der Waals surface area contributed by atoms with Crippen molar-refractivity contribution in [2.75, 3.05) is 11.9 Å². The zero-order valence-electron chi connectivity index (χ0n) is 11.0. The largest absolute Gasteiger partial charge is 0.361 e. The SMILES string of the molecule is Cc1cc(CN(C)c2ncnc3c2cnn3C)no1. The monoisotopic (exact) mass is 258 g/mol. The molecule has 3 heterocycles. The number of nitrogens with zero attached hydrogens (tertiary/aromatic N) is 6. The Labute approximate surface area is 109 Å². The number of fused-ring (bicyclic) bond motifs is 1. The number of aromatic nitrogens is 5. The van der Waals surface area contributed by atoms with Crippen LogP contribution in [0.15, 0.2) is 23.1 Å². The van der Waals surface area contributed by atoms with E-state index in [2.05, 4.69) is 20.2 Å². The van der Waals surface area contributed by atoms with Gasteiger partial charge in [0.1, 0.15) is 23.6 Å². The molecule has 0 bridgehead atoms. The molecule has 98 valence electrons. The van der Waals surface area contributed by atoms with Crippen molar-refractivity contribution in [3.8, 4) is 0 Å². The van der Waals surface area contributed by atoms with E-state index in [-0.39, 0.29) is 0 Å². The first kappa shape index (κ1) is 11.6. The molecule has 0 atom stereocenters. The van der Waals surface area contributed by atoms with E-state index in [9.17, 15) is 0 Å². The Hall–Kier alpha value is -2.44. The molecule has 7 heteroatoms. The van der Waals surface area contributed by atoms with Crippen LogP contribution in [0.25, 0.3) is 11.0 Å². The van der Waals surface area contributed by atoms with Crippen LogP contribution in [0.4, 0.5) is 5.82 Å². The highest BCUT2D eigenvalue weighted by molar-refractivity contribution is 5.86. The maximum Gasteiger partial charge on any atom is 0.163 e. The average Bonchev–Trinajstić information content (AvgIpc) is 2.96. The van der Waals surface area contributed by atoms with E-state index in [1.54, 1.807) is 17.2 Å². The van der Waals surface area contributed by atoms with Crippen molar-refractivity contribution >= 4 is 16.9 Å². The molecule has 3 aromatic rings. The van der Waals surface area contributed by atoms with Crippen LogP contribution < -0.4 is 4.90 Å². The first-order valence-electron chi connectivity index (χ1n) is 5.91. The summed E-state index contributed by atoms with van der Waals surface area (Å²) in [7, 11) is 3.82. The van der Waals surface area contributed by atoms with Crippen molar-refractivity contribution in [1.29, 1.82) is 0 Å². The van der Waals surface area contributed by atoms with Crippen molar-refractivity contribution in [2.45, 2.75) is 13.5 Å². The fourth-order valence-corrected chi connectivity index (χ4v) is 2.06. The number of anilines is 1. The summed E-state index contributed by atoms with van der Waals surface area (Å²) in [5, 5.41) is 9.11. The molecule has 0 saturated carbocycles. The molecule has 7 nitrogen and oxygen atoms in total. The summed E-state index contributed by atoms with van der Waals surface area (Å²) in [6.45, 7) is 2.50. The Morgan fingerprint density at radius 2 is 2.21 bits per heavy atom. The van der Waals surface area contributed by atoms with Gasteiger partial charge in [-0.05, 0) is 6.92 Å². The number of rotatable bonds is 3. The minimum atomic E-state index is 0.623. The zero-order chi connectivity index (χ0) is 13.4. The summed E-state index contributed by atoms with van der Waals surface area (Å²) in [5.41, 5.74) is 1.68. The van der Waals surface area contributed by atoms with Gasteiger partial charge in [0.15, 0.2) is 5.65 Å². The van der Waals surface area contributed by atoms with Crippen LogP contribution in [-0.2, 0) is 13.6 Å². The normalized spacial score (nSPS) is 11.1. The van der Waals surface area contributed by atoms with Crippen LogP contribution in [0.5, 0.6) is 0 Å². The van der Waals surface area contributed by atoms with E-state index >= 15 is 0 Å². The van der Waals surface area contributed by atoms with Gasteiger partial charge in [-0.3, -0.25) is 4.68 Å². The van der Waals surface area contributed by atoms with Crippen molar-refractivity contribution in [3.63, 3.8) is 0 Å². The van der Waals surface area contributed by atoms with E-state index < -0.39 is 0 Å². The molecule has 0 aromatic carbocycles. The van der Waals surface area contributed by atoms with Crippen molar-refractivity contribution in [1.82, 2.24) is 24.9 Å². The van der Waals surface area contributed by atoms with Crippen molar-refractivity contribution in [3.05, 3.63) is 30.0 Å². The summed E-state index contributed by atoms with van der Waals surface area (Å²) >= 11 is 0. The lowest BCUT2D eigenvalue weighted by Crippen LogP contribution is -2.18. The summed E-state index contributed by atoms with van der Waals surface area (Å²) in [6, 6.07) is 1.91. The standard InChI is InChI=1S/C12H14N6O/c1-8-4-9(16-19-8)6-17(2)11-10-5-15-18(3)12(10)14-7-13-11/h4-5,7H,6H2,1-3H3. The second kappa shape index (κ2) is 4.34. The minimum absolute atomic E-state index is 0.623. The molecule has 0 fully saturated rings. The van der Waals surface area contributed by atoms with Gasteiger partial charge in [-0.15, -0.1) is 0 Å². The molecule has 0 N–H and O–H groups in total. The molecular formula is C12H14N6O. The smallest absolute Gasteiger partial charge is 0.163 e. The highest BCUT2D eigenvalue weighted by Gasteiger charge is 2.13. The van der Waals surface area contributed by atoms with Crippen LogP contribution in [0.1, 0.15) is 11.5 Å². The van der Waals surface area contributed by atoms with Gasteiger partial charge in [0, 0.05) is 20.2 Å². The van der Waals surface area contributed by atoms with E-state index in [0.29, 0.717) is 6.54 Å². The fourth-order valence-electron chi connectivity index (χ4n) is 2.06. The molecule has 0 aliphatic carbocycles. The highest BCUT2D eigenvalue weighted by atomic mass is 16.5. The van der Waals surface area contributed by atoms with E-state index in [0.717, 1.165) is 28.3 Å². The topological polar surface area (TPSA) is 72.9 Å². The Kier molecular flexibility index (Phi) is 2.66. The van der Waals surface area contributed by atoms with Crippen molar-refractivity contribution in [2.24, 2.45) is 7.05 Å². The molecule has 0 amide bonds. The van der Waals surface area contributed by atoms with Crippen LogP contribution >= 0.6 is 0 Å². The molecule has 0 aliphatic heterocycles. The summed E-state index contributed by atoms with van der Waals surface area (Å²) in [4.78, 5) is 10.6. The van der Waals surface area contributed by atoms with Gasteiger partial charge in [0.2, 0.25) is 0 Å². The quantitative estimate of drug-likeness (QED) is 0.705. The molecule has 0 radical (unpaired) electrons. The molecule has 0 spiro atoms. The van der Waals surface area contributed by atoms with Gasteiger partial charge in [-0.25, -0.2) is 9.97 Å². The number of hydrogen-bond donors (Lipinski definition) is 0. The third-order valence-corrected chi connectivity index (χ3v) is 2.95. The first-order valence-corrected chi connectivity index (χ1v) is 5.91. The molecule has 0 aliphatic rings. The predicted molar refractivity (Wildman–Crippen MR) is 69.7 cm³/mol. The van der Waals surface area contributed by atoms with Gasteiger partial charge < -0.3 is 9.42 Å². The van der Waals surface area contributed by atoms with Crippen LogP contribution in [0, 0.1) is 6.92 Å². The van der Waals surface area contributed by atoms with Gasteiger partial charge in [-0.1, -0.05) is 5.16 Å². The minimum Gasteiger partial charge on any atom is -0.361 e. The second-order valence-electron chi connectivity index (χ2n) is 4.49. The summed E-state index contributed by atoms with van der Waals surface area (Å²) in [6.07, 6.45) is 3.32. The van der Waals surface area contributed by atoms with Gasteiger partial charge in [0.05, 0.1) is 18.1 Å². The lowest BCUT2D eigenvalue weighted by Gasteiger charge is -2.16. The lowest BCUT2D eigenvalue weighted by atomic mass is 10.3. The molecule has 0 saturated heterocycles. The molecule has 3 rings (SSSR count).